The Morgan fingerprint density at radius 2 is 2.22 bits per heavy atom. The number of anilines is 2. The number of hydrogen-bond acceptors (Lipinski definition) is 4. The number of carboxylic acids is 1. The van der Waals surface area contributed by atoms with E-state index in [-0.39, 0.29) is 16.9 Å². The number of carbonyl (C=O) groups is 1. The monoisotopic (exact) mass is 272 g/mol. The topological polar surface area (TPSA) is 66.6 Å². The van der Waals surface area contributed by atoms with E-state index in [1.54, 1.807) is 23.7 Å². The van der Waals surface area contributed by atoms with Crippen LogP contribution < -0.4 is 10.6 Å². The molecule has 0 aliphatic carbocycles. The van der Waals surface area contributed by atoms with E-state index in [2.05, 4.69) is 0 Å². The molecule has 0 heterocycles. The van der Waals surface area contributed by atoms with Crippen LogP contribution in [-0.2, 0) is 0 Å². The van der Waals surface area contributed by atoms with E-state index < -0.39 is 11.8 Å². The van der Waals surface area contributed by atoms with Gasteiger partial charge in [0.2, 0.25) is 0 Å². The minimum atomic E-state index is -1.15. The molecule has 0 aromatic heterocycles. The fourth-order valence-corrected chi connectivity index (χ4v) is 2.04. The highest BCUT2D eigenvalue weighted by molar-refractivity contribution is 7.98. The molecular formula is C12H17FN2O2S. The summed E-state index contributed by atoms with van der Waals surface area (Å²) >= 11 is 1.72. The summed E-state index contributed by atoms with van der Waals surface area (Å²) in [5.41, 5.74) is 5.62. The number of aromatic carboxylic acids is 1. The van der Waals surface area contributed by atoms with Gasteiger partial charge in [-0.1, -0.05) is 0 Å². The van der Waals surface area contributed by atoms with Crippen molar-refractivity contribution in [3.8, 4) is 0 Å². The largest absolute Gasteiger partial charge is 0.478 e. The third-order valence-electron chi connectivity index (χ3n) is 2.60. The number of nitrogen functional groups attached to an aromatic ring is 1. The van der Waals surface area contributed by atoms with Gasteiger partial charge in [0.1, 0.15) is 5.82 Å². The predicted octanol–water partition coefficient (Wildman–Crippen LogP) is 2.30. The number of benzene rings is 1. The molecule has 4 nitrogen and oxygen atoms in total. The number of hydrogen-bond donors (Lipinski definition) is 2. The molecule has 1 rings (SSSR count). The molecule has 3 N–H and O–H groups in total. The van der Waals surface area contributed by atoms with Crippen molar-refractivity contribution < 1.29 is 14.3 Å². The van der Waals surface area contributed by atoms with Gasteiger partial charge in [0.25, 0.3) is 0 Å². The minimum Gasteiger partial charge on any atom is -0.478 e. The quantitative estimate of drug-likeness (QED) is 0.614. The lowest BCUT2D eigenvalue weighted by Gasteiger charge is -2.20. The Morgan fingerprint density at radius 1 is 1.56 bits per heavy atom. The molecule has 0 aliphatic heterocycles. The number of nitrogens with zero attached hydrogens (tertiary/aromatic N) is 1. The van der Waals surface area contributed by atoms with Crippen LogP contribution in [-0.4, -0.2) is 36.7 Å². The first kappa shape index (κ1) is 14.6. The number of nitrogens with two attached hydrogens (primary N) is 1. The maximum absolute atomic E-state index is 13.7. The summed E-state index contributed by atoms with van der Waals surface area (Å²) in [6.07, 6.45) is 2.91. The zero-order chi connectivity index (χ0) is 13.7. The van der Waals surface area contributed by atoms with Gasteiger partial charge in [0.05, 0.1) is 11.3 Å². The molecule has 0 aliphatic rings. The van der Waals surface area contributed by atoms with Crippen LogP contribution >= 0.6 is 11.8 Å². The van der Waals surface area contributed by atoms with Crippen molar-refractivity contribution in [2.24, 2.45) is 0 Å². The van der Waals surface area contributed by atoms with Crippen LogP contribution in [0.2, 0.25) is 0 Å². The average molecular weight is 272 g/mol. The third kappa shape index (κ3) is 3.53. The fourth-order valence-electron chi connectivity index (χ4n) is 1.62. The van der Waals surface area contributed by atoms with Crippen molar-refractivity contribution >= 4 is 29.1 Å². The molecular weight excluding hydrogens is 255 g/mol. The van der Waals surface area contributed by atoms with Crippen molar-refractivity contribution in [1.29, 1.82) is 0 Å². The van der Waals surface area contributed by atoms with E-state index >= 15 is 0 Å². The number of halogens is 1. The highest BCUT2D eigenvalue weighted by atomic mass is 32.2. The van der Waals surface area contributed by atoms with Crippen LogP contribution in [0.25, 0.3) is 0 Å². The van der Waals surface area contributed by atoms with E-state index in [9.17, 15) is 9.18 Å². The van der Waals surface area contributed by atoms with Crippen LogP contribution in [0.3, 0.4) is 0 Å². The van der Waals surface area contributed by atoms with E-state index in [1.165, 1.54) is 6.07 Å². The van der Waals surface area contributed by atoms with Crippen LogP contribution in [0.4, 0.5) is 15.8 Å². The van der Waals surface area contributed by atoms with E-state index in [1.807, 2.05) is 6.26 Å². The lowest BCUT2D eigenvalue weighted by atomic mass is 10.1. The summed E-state index contributed by atoms with van der Waals surface area (Å²) in [5, 5.41) is 8.95. The molecule has 0 fully saturated rings. The summed E-state index contributed by atoms with van der Waals surface area (Å²) < 4.78 is 13.7. The molecule has 0 saturated carbocycles. The molecule has 0 spiro atoms. The molecule has 0 radical (unpaired) electrons. The van der Waals surface area contributed by atoms with Crippen molar-refractivity contribution in [2.45, 2.75) is 6.42 Å². The Balaban J connectivity index is 2.93. The Bertz CT molecular complexity index is 440. The second kappa shape index (κ2) is 6.49. The van der Waals surface area contributed by atoms with Gasteiger partial charge in [-0.25, -0.2) is 9.18 Å². The Morgan fingerprint density at radius 3 is 2.78 bits per heavy atom. The van der Waals surface area contributed by atoms with Crippen LogP contribution in [0, 0.1) is 5.82 Å². The second-order valence-electron chi connectivity index (χ2n) is 3.96. The molecule has 0 saturated heterocycles. The van der Waals surface area contributed by atoms with Crippen molar-refractivity contribution in [3.63, 3.8) is 0 Å². The normalized spacial score (nSPS) is 10.4. The van der Waals surface area contributed by atoms with Crippen molar-refractivity contribution in [1.82, 2.24) is 0 Å². The zero-order valence-corrected chi connectivity index (χ0v) is 11.3. The highest BCUT2D eigenvalue weighted by Crippen LogP contribution is 2.25. The second-order valence-corrected chi connectivity index (χ2v) is 4.95. The Kier molecular flexibility index (Phi) is 5.27. The van der Waals surface area contributed by atoms with E-state index in [0.717, 1.165) is 18.2 Å². The maximum Gasteiger partial charge on any atom is 0.337 e. The molecule has 0 unspecified atom stereocenters. The average Bonchev–Trinajstić information content (AvgIpc) is 2.28. The van der Waals surface area contributed by atoms with E-state index in [4.69, 9.17) is 10.8 Å². The standard InChI is InChI=1S/C12H17FN2O2S/c1-15(4-3-5-18-2)11-6-8(12(16)17)10(14)7-9(11)13/h6-7H,3-5,14H2,1-2H3,(H,16,17). The van der Waals surface area contributed by atoms with Gasteiger partial charge in [0, 0.05) is 19.3 Å². The number of rotatable bonds is 6. The highest BCUT2D eigenvalue weighted by Gasteiger charge is 2.15. The molecule has 6 heteroatoms. The molecule has 1 aromatic rings. The summed E-state index contributed by atoms with van der Waals surface area (Å²) in [4.78, 5) is 12.6. The SMILES string of the molecule is CSCCCN(C)c1cc(C(=O)O)c(N)cc1F. The smallest absolute Gasteiger partial charge is 0.337 e. The summed E-state index contributed by atoms with van der Waals surface area (Å²) in [6.45, 7) is 0.667. The molecule has 100 valence electrons. The third-order valence-corrected chi connectivity index (χ3v) is 3.30. The van der Waals surface area contributed by atoms with Gasteiger partial charge in [-0.3, -0.25) is 0 Å². The first-order valence-electron chi connectivity index (χ1n) is 5.49. The van der Waals surface area contributed by atoms with Crippen molar-refractivity contribution in [3.05, 3.63) is 23.5 Å². The van der Waals surface area contributed by atoms with Crippen LogP contribution in [0.5, 0.6) is 0 Å². The van der Waals surface area contributed by atoms with Gasteiger partial charge in [-0.15, -0.1) is 0 Å². The Hall–Kier alpha value is -1.43. The van der Waals surface area contributed by atoms with Gasteiger partial charge in [-0.2, -0.15) is 11.8 Å². The summed E-state index contributed by atoms with van der Waals surface area (Å²) in [5.74, 6) is -0.664. The number of carboxylic acid groups (broad SMARTS) is 1. The van der Waals surface area contributed by atoms with Crippen LogP contribution in [0.1, 0.15) is 16.8 Å². The van der Waals surface area contributed by atoms with Gasteiger partial charge >= 0.3 is 5.97 Å². The Labute approximate surface area is 110 Å². The maximum atomic E-state index is 13.7. The lowest BCUT2D eigenvalue weighted by molar-refractivity contribution is 0.0698. The van der Waals surface area contributed by atoms with E-state index in [0.29, 0.717) is 6.54 Å². The first-order chi connectivity index (χ1) is 8.47. The molecule has 0 amide bonds. The van der Waals surface area contributed by atoms with Gasteiger partial charge in [0.15, 0.2) is 0 Å². The van der Waals surface area contributed by atoms with Gasteiger partial charge < -0.3 is 15.7 Å². The van der Waals surface area contributed by atoms with Crippen molar-refractivity contribution in [2.75, 3.05) is 36.2 Å². The minimum absolute atomic E-state index is 0.0544. The zero-order valence-electron chi connectivity index (χ0n) is 10.4. The van der Waals surface area contributed by atoms with Gasteiger partial charge in [-0.05, 0) is 30.6 Å². The number of thioether (sulfide) groups is 1. The van der Waals surface area contributed by atoms with Crippen LogP contribution in [0.15, 0.2) is 12.1 Å². The lowest BCUT2D eigenvalue weighted by Crippen LogP contribution is -2.21. The molecule has 18 heavy (non-hydrogen) atoms. The fraction of sp³-hybridized carbons (Fsp3) is 0.417. The first-order valence-corrected chi connectivity index (χ1v) is 6.89. The summed E-state index contributed by atoms with van der Waals surface area (Å²) in [7, 11) is 1.74. The molecule has 1 aromatic carbocycles. The molecule has 0 bridgehead atoms. The predicted molar refractivity (Wildman–Crippen MR) is 74.0 cm³/mol. The summed E-state index contributed by atoms with van der Waals surface area (Å²) in [6, 6.07) is 2.34. The molecule has 0 atom stereocenters.